The van der Waals surface area contributed by atoms with Crippen LogP contribution in [0.1, 0.15) is 17.1 Å². The molecule has 0 aliphatic heterocycles. The monoisotopic (exact) mass is 223 g/mol. The minimum absolute atomic E-state index is 0.224. The Kier molecular flexibility index (Phi) is 3.25. The number of Topliss-reactive ketones (excluding diaryl/α,β-unsaturated/α-hetero) is 1. The summed E-state index contributed by atoms with van der Waals surface area (Å²) >= 11 is 1.20. The maximum atomic E-state index is 11.8. The lowest BCUT2D eigenvalue weighted by molar-refractivity contribution is -0.151. The van der Waals surface area contributed by atoms with Crippen molar-refractivity contribution in [2.75, 3.05) is 0 Å². The van der Waals surface area contributed by atoms with E-state index in [9.17, 15) is 18.0 Å². The first-order chi connectivity index (χ1) is 6.37. The van der Waals surface area contributed by atoms with Crippen molar-refractivity contribution in [1.29, 1.82) is 0 Å². The standard InChI is InChI=1S/C8H8F3NOS/c1-5-4-14-7(12-5)2-6(13)3-8(9,10)11/h4H,2-3H2,1H3. The Morgan fingerprint density at radius 1 is 1.57 bits per heavy atom. The van der Waals surface area contributed by atoms with Crippen LogP contribution in [0.3, 0.4) is 0 Å². The second-order valence-electron chi connectivity index (χ2n) is 2.89. The Morgan fingerprint density at radius 2 is 2.21 bits per heavy atom. The van der Waals surface area contributed by atoms with E-state index in [1.54, 1.807) is 12.3 Å². The van der Waals surface area contributed by atoms with Crippen LogP contribution in [0, 0.1) is 6.92 Å². The second-order valence-corrected chi connectivity index (χ2v) is 3.83. The summed E-state index contributed by atoms with van der Waals surface area (Å²) in [5.41, 5.74) is 0.727. The zero-order chi connectivity index (χ0) is 10.8. The molecule has 1 aromatic heterocycles. The minimum Gasteiger partial charge on any atom is -0.299 e. The van der Waals surface area contributed by atoms with Gasteiger partial charge in [0.15, 0.2) is 0 Å². The number of carbonyl (C=O) groups is 1. The van der Waals surface area contributed by atoms with Crippen molar-refractivity contribution in [1.82, 2.24) is 4.98 Å². The van der Waals surface area contributed by atoms with Crippen molar-refractivity contribution in [2.24, 2.45) is 0 Å². The normalized spacial score (nSPS) is 11.7. The van der Waals surface area contributed by atoms with Gasteiger partial charge in [-0.2, -0.15) is 13.2 Å². The van der Waals surface area contributed by atoms with Crippen LogP contribution >= 0.6 is 11.3 Å². The number of ketones is 1. The second kappa shape index (κ2) is 4.08. The summed E-state index contributed by atoms with van der Waals surface area (Å²) in [6.45, 7) is 1.73. The van der Waals surface area contributed by atoms with Crippen molar-refractivity contribution in [3.63, 3.8) is 0 Å². The number of aromatic nitrogens is 1. The van der Waals surface area contributed by atoms with E-state index in [1.807, 2.05) is 0 Å². The van der Waals surface area contributed by atoms with E-state index in [4.69, 9.17) is 0 Å². The quantitative estimate of drug-likeness (QED) is 0.788. The van der Waals surface area contributed by atoms with Crippen LogP contribution in [-0.4, -0.2) is 16.9 Å². The van der Waals surface area contributed by atoms with E-state index >= 15 is 0 Å². The summed E-state index contributed by atoms with van der Waals surface area (Å²) in [7, 11) is 0. The topological polar surface area (TPSA) is 30.0 Å². The molecule has 0 fully saturated rings. The summed E-state index contributed by atoms with van der Waals surface area (Å²) < 4.78 is 35.3. The maximum Gasteiger partial charge on any atom is 0.395 e. The van der Waals surface area contributed by atoms with Gasteiger partial charge in [0.05, 0.1) is 6.42 Å². The van der Waals surface area contributed by atoms with Crippen molar-refractivity contribution >= 4 is 17.1 Å². The van der Waals surface area contributed by atoms with Gasteiger partial charge in [-0.1, -0.05) is 0 Å². The lowest BCUT2D eigenvalue weighted by Gasteiger charge is -2.03. The molecule has 1 aromatic rings. The zero-order valence-corrected chi connectivity index (χ0v) is 8.21. The molecule has 14 heavy (non-hydrogen) atoms. The van der Waals surface area contributed by atoms with Gasteiger partial charge in [0.25, 0.3) is 0 Å². The number of nitrogens with zero attached hydrogens (tertiary/aromatic N) is 1. The number of rotatable bonds is 3. The lowest BCUT2D eigenvalue weighted by atomic mass is 10.2. The SMILES string of the molecule is Cc1csc(CC(=O)CC(F)(F)F)n1. The van der Waals surface area contributed by atoms with Crippen LogP contribution in [-0.2, 0) is 11.2 Å². The third kappa shape index (κ3) is 3.87. The van der Waals surface area contributed by atoms with Gasteiger partial charge in [-0.05, 0) is 6.92 Å². The molecule has 6 heteroatoms. The summed E-state index contributed by atoms with van der Waals surface area (Å²) in [5.74, 6) is -0.841. The summed E-state index contributed by atoms with van der Waals surface area (Å²) in [4.78, 5) is 14.8. The number of hydrogen-bond acceptors (Lipinski definition) is 3. The molecule has 1 rings (SSSR count). The molecular formula is C8H8F3NOS. The summed E-state index contributed by atoms with van der Waals surface area (Å²) in [6.07, 6.45) is -6.01. The maximum absolute atomic E-state index is 11.8. The highest BCUT2D eigenvalue weighted by atomic mass is 32.1. The van der Waals surface area contributed by atoms with E-state index in [1.165, 1.54) is 11.3 Å². The van der Waals surface area contributed by atoms with E-state index in [0.29, 0.717) is 5.01 Å². The Morgan fingerprint density at radius 3 is 2.64 bits per heavy atom. The van der Waals surface area contributed by atoms with Gasteiger partial charge in [0.2, 0.25) is 0 Å². The molecular weight excluding hydrogens is 215 g/mol. The van der Waals surface area contributed by atoms with Crippen LogP contribution in [0.4, 0.5) is 13.2 Å². The average molecular weight is 223 g/mol. The van der Waals surface area contributed by atoms with Crippen LogP contribution in [0.15, 0.2) is 5.38 Å². The number of halogens is 3. The Bertz CT molecular complexity index is 332. The summed E-state index contributed by atoms with van der Waals surface area (Å²) in [5, 5.41) is 2.15. The number of aryl methyl sites for hydroxylation is 1. The van der Waals surface area contributed by atoms with Gasteiger partial charge >= 0.3 is 6.18 Å². The van der Waals surface area contributed by atoms with E-state index in [0.717, 1.165) is 5.69 Å². The Hall–Kier alpha value is -0.910. The molecule has 2 nitrogen and oxygen atoms in total. The predicted octanol–water partition coefficient (Wildman–Crippen LogP) is 2.52. The van der Waals surface area contributed by atoms with Crippen molar-refractivity contribution < 1.29 is 18.0 Å². The Balaban J connectivity index is 2.50. The number of alkyl halides is 3. The van der Waals surface area contributed by atoms with Crippen molar-refractivity contribution in [3.8, 4) is 0 Å². The van der Waals surface area contributed by atoms with Gasteiger partial charge in [-0.25, -0.2) is 4.98 Å². The van der Waals surface area contributed by atoms with Crippen LogP contribution in [0.25, 0.3) is 0 Å². The molecule has 0 saturated heterocycles. The molecule has 0 spiro atoms. The third-order valence-electron chi connectivity index (χ3n) is 1.41. The minimum atomic E-state index is -4.41. The molecule has 0 unspecified atom stereocenters. The molecule has 0 aliphatic rings. The van der Waals surface area contributed by atoms with E-state index < -0.39 is 18.4 Å². The molecule has 0 aromatic carbocycles. The van der Waals surface area contributed by atoms with Crippen LogP contribution in [0.2, 0.25) is 0 Å². The van der Waals surface area contributed by atoms with Gasteiger partial charge in [0, 0.05) is 11.1 Å². The fourth-order valence-corrected chi connectivity index (χ4v) is 1.74. The first-order valence-electron chi connectivity index (χ1n) is 3.86. The largest absolute Gasteiger partial charge is 0.395 e. The van der Waals surface area contributed by atoms with Gasteiger partial charge in [-0.3, -0.25) is 4.79 Å². The highest BCUT2D eigenvalue weighted by molar-refractivity contribution is 7.09. The van der Waals surface area contributed by atoms with Crippen molar-refractivity contribution in [3.05, 3.63) is 16.1 Å². The van der Waals surface area contributed by atoms with Crippen molar-refractivity contribution in [2.45, 2.75) is 25.9 Å². The molecule has 0 N–H and O–H groups in total. The fourth-order valence-electron chi connectivity index (χ4n) is 0.939. The summed E-state index contributed by atoms with van der Waals surface area (Å²) in [6, 6.07) is 0. The molecule has 0 amide bonds. The zero-order valence-electron chi connectivity index (χ0n) is 7.39. The fraction of sp³-hybridized carbons (Fsp3) is 0.500. The van der Waals surface area contributed by atoms with Crippen LogP contribution in [0.5, 0.6) is 0 Å². The smallest absolute Gasteiger partial charge is 0.299 e. The molecule has 0 radical (unpaired) electrons. The number of thiazole rings is 1. The molecule has 1 heterocycles. The highest BCUT2D eigenvalue weighted by Crippen LogP contribution is 2.21. The molecule has 0 bridgehead atoms. The lowest BCUT2D eigenvalue weighted by Crippen LogP contribution is -2.16. The van der Waals surface area contributed by atoms with E-state index in [2.05, 4.69) is 4.98 Å². The molecule has 0 aliphatic carbocycles. The third-order valence-corrected chi connectivity index (χ3v) is 2.38. The molecule has 78 valence electrons. The number of carbonyl (C=O) groups excluding carboxylic acids is 1. The van der Waals surface area contributed by atoms with Gasteiger partial charge < -0.3 is 0 Å². The molecule has 0 atom stereocenters. The average Bonchev–Trinajstić information content (AvgIpc) is 2.30. The Labute approximate surface area is 82.8 Å². The first-order valence-corrected chi connectivity index (χ1v) is 4.74. The predicted molar refractivity (Wildman–Crippen MR) is 46.2 cm³/mol. The molecule has 0 saturated carbocycles. The first kappa shape index (κ1) is 11.2. The number of hydrogen-bond donors (Lipinski definition) is 0. The van der Waals surface area contributed by atoms with Gasteiger partial charge in [0.1, 0.15) is 17.2 Å². The van der Waals surface area contributed by atoms with Crippen LogP contribution < -0.4 is 0 Å². The highest BCUT2D eigenvalue weighted by Gasteiger charge is 2.31. The van der Waals surface area contributed by atoms with E-state index in [-0.39, 0.29) is 6.42 Å². The van der Waals surface area contributed by atoms with Gasteiger partial charge in [-0.15, -0.1) is 11.3 Å².